The molecule has 3 rings (SSSR count). The molecule has 0 fully saturated rings. The average Bonchev–Trinajstić information content (AvgIpc) is 2.97. The van der Waals surface area contributed by atoms with Crippen LogP contribution in [0.4, 0.5) is 5.82 Å². The van der Waals surface area contributed by atoms with Crippen LogP contribution >= 0.6 is 23.2 Å². The van der Waals surface area contributed by atoms with Crippen molar-refractivity contribution in [3.63, 3.8) is 0 Å². The van der Waals surface area contributed by atoms with Gasteiger partial charge in [-0.1, -0.05) is 53.5 Å². The lowest BCUT2D eigenvalue weighted by molar-refractivity contribution is 0.104. The molecule has 2 aromatic rings. The first-order chi connectivity index (χ1) is 10.7. The highest BCUT2D eigenvalue weighted by molar-refractivity contribution is 6.34. The van der Waals surface area contributed by atoms with Crippen LogP contribution in [0.5, 0.6) is 0 Å². The van der Waals surface area contributed by atoms with Gasteiger partial charge in [0.25, 0.3) is 0 Å². The molecule has 22 heavy (non-hydrogen) atoms. The minimum absolute atomic E-state index is 0.424. The molecule has 0 bridgehead atoms. The Labute approximate surface area is 138 Å². The third-order valence-corrected chi connectivity index (χ3v) is 3.71. The van der Waals surface area contributed by atoms with E-state index in [1.54, 1.807) is 17.2 Å². The normalized spacial score (nSPS) is 17.6. The Morgan fingerprint density at radius 3 is 2.82 bits per heavy atom. The van der Waals surface area contributed by atoms with Crippen molar-refractivity contribution in [1.29, 1.82) is 0 Å². The molecule has 1 aliphatic rings. The molecule has 1 aromatic heterocycles. The predicted molar refractivity (Wildman–Crippen MR) is 88.1 cm³/mol. The maximum absolute atomic E-state index is 6.13. The molecule has 0 radical (unpaired) electrons. The standard InChI is InChI=1S/C15H14Cl2N4O/c16-13-6-7-18-15(17)21(13)14-8-12(19-20-14)10-22-9-11-4-2-1-3-5-11/h1-8,15H,9-10H2,(H,19,20). The first-order valence-electron chi connectivity index (χ1n) is 6.72. The lowest BCUT2D eigenvalue weighted by atomic mass is 10.2. The second-order valence-corrected chi connectivity index (χ2v) is 5.48. The van der Waals surface area contributed by atoms with Gasteiger partial charge in [0.05, 0.1) is 18.9 Å². The van der Waals surface area contributed by atoms with E-state index in [0.29, 0.717) is 24.2 Å². The Morgan fingerprint density at radius 2 is 2.05 bits per heavy atom. The van der Waals surface area contributed by atoms with Gasteiger partial charge in [-0.15, -0.1) is 0 Å². The van der Waals surface area contributed by atoms with Crippen LogP contribution in [0.25, 0.3) is 0 Å². The molecule has 0 saturated heterocycles. The molecule has 1 aliphatic heterocycles. The van der Waals surface area contributed by atoms with E-state index in [2.05, 4.69) is 15.2 Å². The minimum Gasteiger partial charge on any atom is -0.371 e. The van der Waals surface area contributed by atoms with Crippen molar-refractivity contribution in [3.8, 4) is 0 Å². The van der Waals surface area contributed by atoms with Gasteiger partial charge in [0.1, 0.15) is 5.16 Å². The number of aromatic nitrogens is 2. The summed E-state index contributed by atoms with van der Waals surface area (Å²) in [6.45, 7) is 0.968. The third-order valence-electron chi connectivity index (χ3n) is 3.10. The highest BCUT2D eigenvalue weighted by Crippen LogP contribution is 2.27. The summed E-state index contributed by atoms with van der Waals surface area (Å²) in [4.78, 5) is 5.69. The number of ether oxygens (including phenoxy) is 1. The molecule has 7 heteroatoms. The molecule has 1 aromatic carbocycles. The fourth-order valence-corrected chi connectivity index (χ4v) is 2.60. The number of hydrogen-bond donors (Lipinski definition) is 1. The number of aromatic amines is 1. The SMILES string of the molecule is ClC1=CC=NC(Cl)N1c1cc(COCc2ccccc2)[nH]n1. The van der Waals surface area contributed by atoms with Gasteiger partial charge in [-0.2, -0.15) is 5.10 Å². The number of halogens is 2. The number of alkyl halides is 1. The monoisotopic (exact) mass is 336 g/mol. The minimum atomic E-state index is -0.598. The number of nitrogens with zero attached hydrogens (tertiary/aromatic N) is 3. The van der Waals surface area contributed by atoms with E-state index in [4.69, 9.17) is 27.9 Å². The van der Waals surface area contributed by atoms with Crippen LogP contribution in [-0.2, 0) is 18.0 Å². The smallest absolute Gasteiger partial charge is 0.203 e. The summed E-state index contributed by atoms with van der Waals surface area (Å²) in [7, 11) is 0. The molecular weight excluding hydrogens is 323 g/mol. The lowest BCUT2D eigenvalue weighted by Gasteiger charge is -2.25. The van der Waals surface area contributed by atoms with Crippen LogP contribution in [-0.4, -0.2) is 22.0 Å². The number of allylic oxidation sites excluding steroid dienone is 1. The van der Waals surface area contributed by atoms with Gasteiger partial charge in [0.15, 0.2) is 5.82 Å². The van der Waals surface area contributed by atoms with Crippen LogP contribution in [0, 0.1) is 0 Å². The second kappa shape index (κ2) is 6.96. The molecular formula is C15H14Cl2N4O. The third kappa shape index (κ3) is 3.50. The first-order valence-corrected chi connectivity index (χ1v) is 7.54. The molecule has 5 nitrogen and oxygen atoms in total. The van der Waals surface area contributed by atoms with Gasteiger partial charge in [-0.05, 0) is 11.6 Å². The van der Waals surface area contributed by atoms with Crippen molar-refractivity contribution < 1.29 is 4.74 Å². The van der Waals surface area contributed by atoms with E-state index in [0.717, 1.165) is 11.3 Å². The van der Waals surface area contributed by atoms with E-state index in [1.807, 2.05) is 36.4 Å². The van der Waals surface area contributed by atoms with Crippen LogP contribution in [0.3, 0.4) is 0 Å². The molecule has 1 unspecified atom stereocenters. The van der Waals surface area contributed by atoms with Gasteiger partial charge < -0.3 is 4.74 Å². The van der Waals surface area contributed by atoms with Crippen molar-refractivity contribution in [3.05, 3.63) is 58.9 Å². The largest absolute Gasteiger partial charge is 0.371 e. The summed E-state index contributed by atoms with van der Waals surface area (Å²) in [5.41, 5.74) is 1.37. The number of rotatable bonds is 5. The summed E-state index contributed by atoms with van der Waals surface area (Å²) in [5, 5.41) is 7.59. The molecule has 1 atom stereocenters. The summed E-state index contributed by atoms with van der Waals surface area (Å²) in [6, 6.07) is 11.8. The Balaban J connectivity index is 1.60. The number of nitrogens with one attached hydrogen (secondary N) is 1. The molecule has 0 aliphatic carbocycles. The van der Waals surface area contributed by atoms with Crippen molar-refractivity contribution in [2.45, 2.75) is 18.8 Å². The van der Waals surface area contributed by atoms with Crippen molar-refractivity contribution in [1.82, 2.24) is 10.2 Å². The fourth-order valence-electron chi connectivity index (χ4n) is 2.04. The van der Waals surface area contributed by atoms with Crippen LogP contribution in [0.1, 0.15) is 11.3 Å². The zero-order valence-electron chi connectivity index (χ0n) is 11.6. The van der Waals surface area contributed by atoms with Crippen LogP contribution in [0.2, 0.25) is 0 Å². The summed E-state index contributed by atoms with van der Waals surface area (Å²) in [6.07, 6.45) is 3.24. The van der Waals surface area contributed by atoms with E-state index in [1.165, 1.54) is 0 Å². The summed E-state index contributed by atoms with van der Waals surface area (Å²) < 4.78 is 5.66. The molecule has 1 N–H and O–H groups in total. The molecule has 114 valence electrons. The first kappa shape index (κ1) is 15.1. The molecule has 2 heterocycles. The molecule has 0 spiro atoms. The highest BCUT2D eigenvalue weighted by Gasteiger charge is 2.23. The number of aliphatic imine (C=N–C) groups is 1. The number of benzene rings is 1. The Hall–Kier alpha value is -1.82. The Morgan fingerprint density at radius 1 is 1.23 bits per heavy atom. The van der Waals surface area contributed by atoms with Gasteiger partial charge in [0.2, 0.25) is 5.62 Å². The van der Waals surface area contributed by atoms with Crippen molar-refractivity contribution in [2.24, 2.45) is 4.99 Å². The zero-order valence-corrected chi connectivity index (χ0v) is 13.1. The van der Waals surface area contributed by atoms with Crippen molar-refractivity contribution in [2.75, 3.05) is 4.90 Å². The van der Waals surface area contributed by atoms with Gasteiger partial charge in [-0.3, -0.25) is 15.0 Å². The van der Waals surface area contributed by atoms with Gasteiger partial charge in [-0.25, -0.2) is 0 Å². The van der Waals surface area contributed by atoms with Gasteiger partial charge >= 0.3 is 0 Å². The summed E-state index contributed by atoms with van der Waals surface area (Å²) in [5.74, 6) is 0.608. The maximum Gasteiger partial charge on any atom is 0.203 e. The van der Waals surface area contributed by atoms with Crippen LogP contribution < -0.4 is 4.90 Å². The summed E-state index contributed by atoms with van der Waals surface area (Å²) >= 11 is 12.3. The molecule has 0 saturated carbocycles. The number of H-pyrrole nitrogens is 1. The van der Waals surface area contributed by atoms with Gasteiger partial charge in [0, 0.05) is 12.3 Å². The molecule has 0 amide bonds. The number of hydrogen-bond acceptors (Lipinski definition) is 4. The van der Waals surface area contributed by atoms with E-state index in [9.17, 15) is 0 Å². The quantitative estimate of drug-likeness (QED) is 0.670. The lowest BCUT2D eigenvalue weighted by Crippen LogP contribution is -2.29. The van der Waals surface area contributed by atoms with Crippen molar-refractivity contribution >= 4 is 35.2 Å². The topological polar surface area (TPSA) is 53.5 Å². The Kier molecular flexibility index (Phi) is 4.77. The fraction of sp³-hybridized carbons (Fsp3) is 0.200. The van der Waals surface area contributed by atoms with Crippen LogP contribution in [0.15, 0.2) is 52.6 Å². The Bertz CT molecular complexity index is 684. The van der Waals surface area contributed by atoms with E-state index < -0.39 is 5.62 Å². The van der Waals surface area contributed by atoms with E-state index >= 15 is 0 Å². The average molecular weight is 337 g/mol. The van der Waals surface area contributed by atoms with E-state index in [-0.39, 0.29) is 0 Å². The second-order valence-electron chi connectivity index (χ2n) is 4.70. The highest BCUT2D eigenvalue weighted by atomic mass is 35.5. The maximum atomic E-state index is 6.13. The predicted octanol–water partition coefficient (Wildman–Crippen LogP) is 3.62. The zero-order chi connectivity index (χ0) is 15.4. The number of anilines is 1.